The van der Waals surface area contributed by atoms with E-state index in [1.54, 1.807) is 0 Å². The van der Waals surface area contributed by atoms with Gasteiger partial charge in [-0.1, -0.05) is 0 Å². The number of methoxy groups -OCH3 is 2. The van der Waals surface area contributed by atoms with E-state index in [2.05, 4.69) is 9.47 Å². The van der Waals surface area contributed by atoms with Crippen molar-refractivity contribution < 1.29 is 24.2 Å². The third-order valence-corrected chi connectivity index (χ3v) is 3.22. The van der Waals surface area contributed by atoms with Gasteiger partial charge in [-0.15, -0.1) is 0 Å². The number of carbonyl (C=O) groups excluding carboxylic acids is 2. The highest BCUT2D eigenvalue weighted by Crippen LogP contribution is 2.36. The molecule has 0 spiro atoms. The molecule has 1 aliphatic carbocycles. The summed E-state index contributed by atoms with van der Waals surface area (Å²) < 4.78 is 9.23. The first-order valence-electron chi connectivity index (χ1n) is 5.40. The zero-order chi connectivity index (χ0) is 12.1. The Kier molecular flexibility index (Phi) is 4.73. The molecule has 0 saturated heterocycles. The largest absolute Gasteiger partial charge is 0.468 e. The van der Waals surface area contributed by atoms with Gasteiger partial charge in [0.25, 0.3) is 0 Å². The molecule has 2 atom stereocenters. The normalized spacial score (nSPS) is 24.5. The van der Waals surface area contributed by atoms with Crippen LogP contribution in [-0.4, -0.2) is 37.9 Å². The maximum Gasteiger partial charge on any atom is 0.320 e. The van der Waals surface area contributed by atoms with Crippen LogP contribution in [0.4, 0.5) is 0 Å². The summed E-state index contributed by atoms with van der Waals surface area (Å²) in [7, 11) is 2.52. The molecule has 1 aliphatic rings. The number of aliphatic hydroxyl groups excluding tert-OH is 1. The van der Waals surface area contributed by atoms with Crippen LogP contribution in [0.3, 0.4) is 0 Å². The number of hydrogen-bond donors (Lipinski definition) is 1. The lowest BCUT2D eigenvalue weighted by Gasteiger charge is -2.18. The Morgan fingerprint density at radius 3 is 2.19 bits per heavy atom. The van der Waals surface area contributed by atoms with Gasteiger partial charge in [0.1, 0.15) is 0 Å². The van der Waals surface area contributed by atoms with E-state index in [0.29, 0.717) is 6.42 Å². The highest BCUT2D eigenvalue weighted by molar-refractivity contribution is 5.95. The van der Waals surface area contributed by atoms with Crippen molar-refractivity contribution in [2.24, 2.45) is 17.8 Å². The Morgan fingerprint density at radius 1 is 1.25 bits per heavy atom. The van der Waals surface area contributed by atoms with Gasteiger partial charge in [-0.3, -0.25) is 9.59 Å². The number of carbonyl (C=O) groups is 2. The maximum absolute atomic E-state index is 11.5. The van der Waals surface area contributed by atoms with Crippen molar-refractivity contribution in [1.29, 1.82) is 0 Å². The third kappa shape index (κ3) is 2.72. The van der Waals surface area contributed by atoms with E-state index in [1.807, 2.05) is 0 Å². The summed E-state index contributed by atoms with van der Waals surface area (Å²) in [5.41, 5.74) is 0. The van der Waals surface area contributed by atoms with Gasteiger partial charge in [0, 0.05) is 6.61 Å². The fourth-order valence-corrected chi connectivity index (χ4v) is 2.32. The second-order valence-corrected chi connectivity index (χ2v) is 4.15. The predicted molar refractivity (Wildman–Crippen MR) is 55.4 cm³/mol. The number of esters is 2. The van der Waals surface area contributed by atoms with Crippen LogP contribution in [0.25, 0.3) is 0 Å². The van der Waals surface area contributed by atoms with Crippen LogP contribution in [0, 0.1) is 17.8 Å². The minimum Gasteiger partial charge on any atom is -0.468 e. The third-order valence-electron chi connectivity index (χ3n) is 3.22. The monoisotopic (exact) mass is 230 g/mol. The summed E-state index contributed by atoms with van der Waals surface area (Å²) >= 11 is 0. The zero-order valence-electron chi connectivity index (χ0n) is 9.64. The Hall–Kier alpha value is -1.10. The van der Waals surface area contributed by atoms with Crippen molar-refractivity contribution in [3.63, 3.8) is 0 Å². The molecule has 1 rings (SSSR count). The fourth-order valence-electron chi connectivity index (χ4n) is 2.32. The van der Waals surface area contributed by atoms with E-state index in [0.717, 1.165) is 12.8 Å². The molecular weight excluding hydrogens is 212 g/mol. The van der Waals surface area contributed by atoms with Gasteiger partial charge in [-0.2, -0.15) is 0 Å². The first kappa shape index (κ1) is 13.0. The van der Waals surface area contributed by atoms with E-state index in [1.165, 1.54) is 14.2 Å². The number of hydrogen-bond acceptors (Lipinski definition) is 5. The molecule has 16 heavy (non-hydrogen) atoms. The van der Waals surface area contributed by atoms with E-state index in [9.17, 15) is 9.59 Å². The van der Waals surface area contributed by atoms with E-state index in [4.69, 9.17) is 5.11 Å². The predicted octanol–water partition coefficient (Wildman–Crippen LogP) is 0.357. The molecule has 0 aliphatic heterocycles. The molecule has 0 bridgehead atoms. The van der Waals surface area contributed by atoms with E-state index in [-0.39, 0.29) is 18.4 Å². The van der Waals surface area contributed by atoms with Crippen LogP contribution in [-0.2, 0) is 19.1 Å². The molecule has 0 unspecified atom stereocenters. The Balaban J connectivity index is 2.70. The van der Waals surface area contributed by atoms with Gasteiger partial charge < -0.3 is 14.6 Å². The van der Waals surface area contributed by atoms with Crippen molar-refractivity contribution in [2.45, 2.75) is 19.3 Å². The lowest BCUT2D eigenvalue weighted by Crippen LogP contribution is -2.32. The second-order valence-electron chi connectivity index (χ2n) is 4.15. The molecule has 92 valence electrons. The van der Waals surface area contributed by atoms with Gasteiger partial charge in [0.2, 0.25) is 0 Å². The van der Waals surface area contributed by atoms with Crippen LogP contribution in [0.15, 0.2) is 0 Å². The SMILES string of the molecule is COC(=O)C(C(=O)OC)[C@@H]1CC[C@H](CO)C1. The van der Waals surface area contributed by atoms with Crippen LogP contribution in [0.5, 0.6) is 0 Å². The second kappa shape index (κ2) is 5.84. The Morgan fingerprint density at radius 2 is 1.81 bits per heavy atom. The average molecular weight is 230 g/mol. The molecule has 0 aromatic carbocycles. The topological polar surface area (TPSA) is 72.8 Å². The van der Waals surface area contributed by atoms with Gasteiger partial charge in [-0.25, -0.2) is 0 Å². The lowest BCUT2D eigenvalue weighted by molar-refractivity contribution is -0.161. The van der Waals surface area contributed by atoms with Crippen molar-refractivity contribution in [1.82, 2.24) is 0 Å². The van der Waals surface area contributed by atoms with E-state index >= 15 is 0 Å². The summed E-state index contributed by atoms with van der Waals surface area (Å²) in [5, 5.41) is 9.02. The van der Waals surface area contributed by atoms with Gasteiger partial charge >= 0.3 is 11.9 Å². The van der Waals surface area contributed by atoms with Gasteiger partial charge in [-0.05, 0) is 31.1 Å². The number of aliphatic hydroxyl groups is 1. The molecule has 5 heteroatoms. The highest BCUT2D eigenvalue weighted by atomic mass is 16.5. The Labute approximate surface area is 94.7 Å². The summed E-state index contributed by atoms with van der Waals surface area (Å²) in [6.07, 6.45) is 2.26. The van der Waals surface area contributed by atoms with E-state index < -0.39 is 17.9 Å². The first-order chi connectivity index (χ1) is 7.63. The lowest BCUT2D eigenvalue weighted by atomic mass is 9.90. The van der Waals surface area contributed by atoms with Crippen LogP contribution < -0.4 is 0 Å². The number of ether oxygens (including phenoxy) is 2. The first-order valence-corrected chi connectivity index (χ1v) is 5.40. The zero-order valence-corrected chi connectivity index (χ0v) is 9.64. The molecule has 0 radical (unpaired) electrons. The Bertz CT molecular complexity index is 247. The molecule has 1 saturated carbocycles. The summed E-state index contributed by atoms with van der Waals surface area (Å²) in [5.74, 6) is -1.82. The fraction of sp³-hybridized carbons (Fsp3) is 0.818. The van der Waals surface area contributed by atoms with Gasteiger partial charge in [0.05, 0.1) is 14.2 Å². The summed E-state index contributed by atoms with van der Waals surface area (Å²) in [4.78, 5) is 23.0. The van der Waals surface area contributed by atoms with Crippen LogP contribution in [0.1, 0.15) is 19.3 Å². The average Bonchev–Trinajstić information content (AvgIpc) is 2.77. The molecule has 5 nitrogen and oxygen atoms in total. The summed E-state index contributed by atoms with van der Waals surface area (Å²) in [6, 6.07) is 0. The van der Waals surface area contributed by atoms with Gasteiger partial charge in [0.15, 0.2) is 5.92 Å². The summed E-state index contributed by atoms with van der Waals surface area (Å²) in [6.45, 7) is 0.103. The van der Waals surface area contributed by atoms with Crippen LogP contribution >= 0.6 is 0 Å². The molecule has 1 N–H and O–H groups in total. The van der Waals surface area contributed by atoms with Crippen LogP contribution in [0.2, 0.25) is 0 Å². The minimum absolute atomic E-state index is 0.0722. The molecule has 0 heterocycles. The molecule has 0 aromatic rings. The van der Waals surface area contributed by atoms with Crippen molar-refractivity contribution >= 4 is 11.9 Å². The molecular formula is C11H18O5. The minimum atomic E-state index is -0.841. The maximum atomic E-state index is 11.5. The standard InChI is InChI=1S/C11H18O5/c1-15-10(13)9(11(14)16-2)8-4-3-7(5-8)6-12/h7-9,12H,3-6H2,1-2H3/t7-,8+/m0/s1. The smallest absolute Gasteiger partial charge is 0.320 e. The van der Waals surface area contributed by atoms with Crippen molar-refractivity contribution in [2.75, 3.05) is 20.8 Å². The molecule has 1 fully saturated rings. The highest BCUT2D eigenvalue weighted by Gasteiger charge is 2.40. The number of rotatable bonds is 4. The molecule has 0 aromatic heterocycles. The molecule has 0 amide bonds. The quantitative estimate of drug-likeness (QED) is 0.557. The van der Waals surface area contributed by atoms with Crippen molar-refractivity contribution in [3.8, 4) is 0 Å². The van der Waals surface area contributed by atoms with Crippen molar-refractivity contribution in [3.05, 3.63) is 0 Å².